The van der Waals surface area contributed by atoms with E-state index < -0.39 is 0 Å². The first-order chi connectivity index (χ1) is 10.2. The summed E-state index contributed by atoms with van der Waals surface area (Å²) < 4.78 is 1.62. The molecule has 1 atom stereocenters. The average Bonchev–Trinajstić information content (AvgIpc) is 2.97. The fourth-order valence-electron chi connectivity index (χ4n) is 2.65. The number of amidine groups is 1. The molecule has 0 saturated carbocycles. The summed E-state index contributed by atoms with van der Waals surface area (Å²) in [4.78, 5) is 18.4. The molecule has 0 radical (unpaired) electrons. The van der Waals surface area contributed by atoms with Gasteiger partial charge in [0.2, 0.25) is 0 Å². The molecule has 8 nitrogen and oxygen atoms in total. The predicted octanol–water partition coefficient (Wildman–Crippen LogP) is 0.328. The molecular weight excluding hydrogens is 272 g/mol. The molecule has 3 N–H and O–H groups in total. The van der Waals surface area contributed by atoms with E-state index in [2.05, 4.69) is 15.2 Å². The van der Waals surface area contributed by atoms with Gasteiger partial charge in [0.15, 0.2) is 0 Å². The fourth-order valence-corrected chi connectivity index (χ4v) is 2.65. The minimum atomic E-state index is -0.104. The number of fused-ring (bicyclic) bond motifs is 1. The molecule has 110 valence electrons. The Balaban J connectivity index is 1.85. The Morgan fingerprint density at radius 3 is 3.14 bits per heavy atom. The number of amides is 1. The van der Waals surface area contributed by atoms with Gasteiger partial charge in [-0.25, -0.2) is 4.52 Å². The van der Waals surface area contributed by atoms with Crippen molar-refractivity contribution in [3.8, 4) is 0 Å². The standard InChI is InChI=1S/C13H16N6O2/c14-12(17-21)9-2-1-4-18(8-9)13(20)10-6-16-19-5-3-15-7-11(10)19/h3,5-7,9,21H,1-2,4,8H2,(H2,14,17). The molecule has 0 bridgehead atoms. The van der Waals surface area contributed by atoms with Crippen LogP contribution in [0.2, 0.25) is 0 Å². The van der Waals surface area contributed by atoms with Crippen molar-refractivity contribution in [2.24, 2.45) is 16.8 Å². The zero-order chi connectivity index (χ0) is 14.8. The van der Waals surface area contributed by atoms with Gasteiger partial charge in [-0.2, -0.15) is 5.10 Å². The third-order valence-electron chi connectivity index (χ3n) is 3.80. The van der Waals surface area contributed by atoms with E-state index in [4.69, 9.17) is 10.9 Å². The Bertz CT molecular complexity index is 695. The lowest BCUT2D eigenvalue weighted by Gasteiger charge is -2.31. The molecule has 1 fully saturated rings. The quantitative estimate of drug-likeness (QED) is 0.358. The summed E-state index contributed by atoms with van der Waals surface area (Å²) in [6.07, 6.45) is 8.11. The number of carbonyl (C=O) groups is 1. The van der Waals surface area contributed by atoms with Crippen molar-refractivity contribution in [2.75, 3.05) is 13.1 Å². The lowest BCUT2D eigenvalue weighted by Crippen LogP contribution is -2.44. The van der Waals surface area contributed by atoms with Crippen LogP contribution in [0.1, 0.15) is 23.2 Å². The number of hydrogen-bond acceptors (Lipinski definition) is 5. The summed E-state index contributed by atoms with van der Waals surface area (Å²) in [5.41, 5.74) is 6.85. The molecule has 1 amide bonds. The second-order valence-corrected chi connectivity index (χ2v) is 5.08. The summed E-state index contributed by atoms with van der Waals surface area (Å²) in [7, 11) is 0. The molecule has 2 aromatic rings. The summed E-state index contributed by atoms with van der Waals surface area (Å²) in [5.74, 6) is -0.0323. The molecule has 0 spiro atoms. The Kier molecular flexibility index (Phi) is 3.43. The maximum absolute atomic E-state index is 12.6. The molecule has 0 aliphatic carbocycles. The van der Waals surface area contributed by atoms with Crippen molar-refractivity contribution in [3.63, 3.8) is 0 Å². The van der Waals surface area contributed by atoms with Crippen LogP contribution in [0.5, 0.6) is 0 Å². The van der Waals surface area contributed by atoms with Crippen LogP contribution in [0.15, 0.2) is 29.9 Å². The molecule has 2 aromatic heterocycles. The summed E-state index contributed by atoms with van der Waals surface area (Å²) in [6.45, 7) is 1.11. The molecule has 1 saturated heterocycles. The molecule has 3 heterocycles. The van der Waals surface area contributed by atoms with Gasteiger partial charge in [-0.1, -0.05) is 5.16 Å². The van der Waals surface area contributed by atoms with E-state index in [0.29, 0.717) is 24.2 Å². The molecule has 1 aliphatic heterocycles. The van der Waals surface area contributed by atoms with E-state index in [9.17, 15) is 4.79 Å². The zero-order valence-corrected chi connectivity index (χ0v) is 11.4. The summed E-state index contributed by atoms with van der Waals surface area (Å²) >= 11 is 0. The Morgan fingerprint density at radius 1 is 1.48 bits per heavy atom. The van der Waals surface area contributed by atoms with Crippen LogP contribution in [-0.4, -0.2) is 49.5 Å². The molecule has 1 unspecified atom stereocenters. The summed E-state index contributed by atoms with van der Waals surface area (Å²) in [5, 5.41) is 16.0. The summed E-state index contributed by atoms with van der Waals surface area (Å²) in [6, 6.07) is 0. The number of nitrogens with zero attached hydrogens (tertiary/aromatic N) is 5. The highest BCUT2D eigenvalue weighted by molar-refractivity contribution is 6.00. The van der Waals surface area contributed by atoms with E-state index >= 15 is 0 Å². The van der Waals surface area contributed by atoms with Gasteiger partial charge in [0.25, 0.3) is 5.91 Å². The number of likely N-dealkylation sites (tertiary alicyclic amines) is 1. The van der Waals surface area contributed by atoms with Crippen LogP contribution in [-0.2, 0) is 0 Å². The highest BCUT2D eigenvalue weighted by Crippen LogP contribution is 2.20. The van der Waals surface area contributed by atoms with Crippen molar-refractivity contribution in [1.29, 1.82) is 0 Å². The van der Waals surface area contributed by atoms with Gasteiger partial charge in [-0.15, -0.1) is 0 Å². The van der Waals surface area contributed by atoms with E-state index in [1.165, 1.54) is 0 Å². The van der Waals surface area contributed by atoms with Crippen LogP contribution >= 0.6 is 0 Å². The lowest BCUT2D eigenvalue weighted by atomic mass is 9.96. The normalized spacial score (nSPS) is 19.9. The predicted molar refractivity (Wildman–Crippen MR) is 75.0 cm³/mol. The molecule has 3 rings (SSSR count). The Morgan fingerprint density at radius 2 is 2.33 bits per heavy atom. The average molecular weight is 288 g/mol. The zero-order valence-electron chi connectivity index (χ0n) is 11.4. The number of carbonyl (C=O) groups excluding carboxylic acids is 1. The van der Waals surface area contributed by atoms with Gasteiger partial charge in [-0.05, 0) is 12.8 Å². The minimum absolute atomic E-state index is 0.103. The van der Waals surface area contributed by atoms with Gasteiger partial charge in [0, 0.05) is 31.4 Å². The number of oxime groups is 1. The van der Waals surface area contributed by atoms with Gasteiger partial charge in [0.1, 0.15) is 5.84 Å². The highest BCUT2D eigenvalue weighted by Gasteiger charge is 2.28. The minimum Gasteiger partial charge on any atom is -0.409 e. The largest absolute Gasteiger partial charge is 0.409 e. The van der Waals surface area contributed by atoms with Gasteiger partial charge in [-0.3, -0.25) is 9.78 Å². The topological polar surface area (TPSA) is 109 Å². The lowest BCUT2D eigenvalue weighted by molar-refractivity contribution is 0.0703. The smallest absolute Gasteiger partial charge is 0.257 e. The molecule has 21 heavy (non-hydrogen) atoms. The highest BCUT2D eigenvalue weighted by atomic mass is 16.4. The molecule has 8 heteroatoms. The number of aromatic nitrogens is 3. The van der Waals surface area contributed by atoms with Crippen LogP contribution in [0.4, 0.5) is 0 Å². The van der Waals surface area contributed by atoms with E-state index in [0.717, 1.165) is 12.8 Å². The van der Waals surface area contributed by atoms with E-state index in [1.807, 2.05) is 0 Å². The van der Waals surface area contributed by atoms with Crippen molar-refractivity contribution < 1.29 is 10.0 Å². The van der Waals surface area contributed by atoms with Crippen molar-refractivity contribution in [1.82, 2.24) is 19.5 Å². The molecule has 0 aromatic carbocycles. The van der Waals surface area contributed by atoms with Crippen LogP contribution in [0.3, 0.4) is 0 Å². The second-order valence-electron chi connectivity index (χ2n) is 5.08. The number of rotatable bonds is 2. The molecular formula is C13H16N6O2. The second kappa shape index (κ2) is 5.39. The van der Waals surface area contributed by atoms with Crippen molar-refractivity contribution in [3.05, 3.63) is 30.4 Å². The maximum atomic E-state index is 12.6. The van der Waals surface area contributed by atoms with Gasteiger partial charge < -0.3 is 15.8 Å². The Labute approximate surface area is 120 Å². The first-order valence-electron chi connectivity index (χ1n) is 6.74. The van der Waals surface area contributed by atoms with Gasteiger partial charge >= 0.3 is 0 Å². The van der Waals surface area contributed by atoms with Crippen LogP contribution < -0.4 is 5.73 Å². The maximum Gasteiger partial charge on any atom is 0.257 e. The Hall–Kier alpha value is -2.64. The van der Waals surface area contributed by atoms with Crippen LogP contribution in [0.25, 0.3) is 5.52 Å². The number of hydrogen-bond donors (Lipinski definition) is 2. The van der Waals surface area contributed by atoms with Gasteiger partial charge in [0.05, 0.1) is 23.5 Å². The van der Waals surface area contributed by atoms with E-state index in [-0.39, 0.29) is 17.7 Å². The monoisotopic (exact) mass is 288 g/mol. The van der Waals surface area contributed by atoms with Crippen LogP contribution in [0, 0.1) is 5.92 Å². The first-order valence-corrected chi connectivity index (χ1v) is 6.74. The van der Waals surface area contributed by atoms with Crippen molar-refractivity contribution >= 4 is 17.3 Å². The van der Waals surface area contributed by atoms with E-state index in [1.54, 1.807) is 34.2 Å². The fraction of sp³-hybridized carbons (Fsp3) is 0.385. The number of nitrogens with two attached hydrogens (primary N) is 1. The third-order valence-corrected chi connectivity index (χ3v) is 3.80. The SMILES string of the molecule is N/C(=N/O)C1CCCN(C(=O)c2cnn3ccncc23)C1. The van der Waals surface area contributed by atoms with Crippen molar-refractivity contribution in [2.45, 2.75) is 12.8 Å². The first kappa shape index (κ1) is 13.3. The number of piperidine rings is 1. The molecule has 1 aliphatic rings. The third kappa shape index (κ3) is 2.39.